The molecule has 8 heteroatoms. The SMILES string of the molecule is CCn1c(CC(=O)Nc2ccc(C)c(C)c2)nnc1SCCOc1ccccc1OC. The lowest BCUT2D eigenvalue weighted by molar-refractivity contribution is -0.115. The molecule has 0 aliphatic heterocycles. The number of carbonyl (C=O) groups excluding carboxylic acids is 1. The predicted molar refractivity (Wildman–Crippen MR) is 123 cm³/mol. The molecule has 0 unspecified atom stereocenters. The van der Waals surface area contributed by atoms with Crippen LogP contribution >= 0.6 is 11.8 Å². The molecule has 1 aromatic heterocycles. The minimum absolute atomic E-state index is 0.110. The number of aryl methyl sites for hydroxylation is 2. The van der Waals surface area contributed by atoms with Crippen LogP contribution in [0.4, 0.5) is 5.69 Å². The number of methoxy groups -OCH3 is 1. The Bertz CT molecular complexity index is 1040. The molecule has 164 valence electrons. The van der Waals surface area contributed by atoms with E-state index in [0.717, 1.165) is 16.4 Å². The molecule has 0 atom stereocenters. The first-order chi connectivity index (χ1) is 15.0. The standard InChI is InChI=1S/C23H28N4O3S/c1-5-27-21(15-22(28)24-18-11-10-16(2)17(3)14-18)25-26-23(27)31-13-12-30-20-9-7-6-8-19(20)29-4/h6-11,14H,5,12-13,15H2,1-4H3,(H,24,28). The van der Waals surface area contributed by atoms with Gasteiger partial charge in [-0.05, 0) is 56.2 Å². The predicted octanol–water partition coefficient (Wildman–Crippen LogP) is 4.28. The Hall–Kier alpha value is -3.00. The monoisotopic (exact) mass is 440 g/mol. The second kappa shape index (κ2) is 10.9. The van der Waals surface area contributed by atoms with Crippen molar-refractivity contribution >= 4 is 23.4 Å². The third kappa shape index (κ3) is 6.01. The zero-order valence-electron chi connectivity index (χ0n) is 18.3. The van der Waals surface area contributed by atoms with Crippen molar-refractivity contribution in [1.82, 2.24) is 14.8 Å². The summed E-state index contributed by atoms with van der Waals surface area (Å²) in [6, 6.07) is 13.4. The average molecular weight is 441 g/mol. The third-order valence-electron chi connectivity index (χ3n) is 4.86. The van der Waals surface area contributed by atoms with Crippen LogP contribution in [0.25, 0.3) is 0 Å². The Kier molecular flexibility index (Phi) is 7.94. The van der Waals surface area contributed by atoms with Crippen LogP contribution in [-0.4, -0.2) is 40.1 Å². The van der Waals surface area contributed by atoms with E-state index in [2.05, 4.69) is 15.5 Å². The molecular weight excluding hydrogens is 412 g/mol. The normalized spacial score (nSPS) is 10.7. The van der Waals surface area contributed by atoms with Crippen molar-refractivity contribution in [2.24, 2.45) is 0 Å². The molecule has 1 heterocycles. The number of nitrogens with one attached hydrogen (secondary N) is 1. The van der Waals surface area contributed by atoms with Crippen LogP contribution < -0.4 is 14.8 Å². The maximum Gasteiger partial charge on any atom is 0.232 e. The Morgan fingerprint density at radius 1 is 1.10 bits per heavy atom. The summed E-state index contributed by atoms with van der Waals surface area (Å²) in [6.07, 6.45) is 0.173. The first-order valence-electron chi connectivity index (χ1n) is 10.2. The lowest BCUT2D eigenvalue weighted by Gasteiger charge is -2.11. The van der Waals surface area contributed by atoms with E-state index in [1.165, 1.54) is 5.56 Å². The van der Waals surface area contributed by atoms with E-state index in [9.17, 15) is 4.79 Å². The highest BCUT2D eigenvalue weighted by Gasteiger charge is 2.15. The Morgan fingerprint density at radius 2 is 1.87 bits per heavy atom. The summed E-state index contributed by atoms with van der Waals surface area (Å²) in [6.45, 7) is 7.29. The van der Waals surface area contributed by atoms with Crippen molar-refractivity contribution in [3.63, 3.8) is 0 Å². The molecule has 2 aromatic carbocycles. The first kappa shape index (κ1) is 22.7. The molecule has 1 amide bonds. The third-order valence-corrected chi connectivity index (χ3v) is 5.79. The molecular formula is C23H28N4O3S. The summed E-state index contributed by atoms with van der Waals surface area (Å²) in [4.78, 5) is 12.5. The maximum absolute atomic E-state index is 12.5. The van der Waals surface area contributed by atoms with Gasteiger partial charge in [-0.25, -0.2) is 0 Å². The molecule has 0 spiro atoms. The molecule has 1 N–H and O–H groups in total. The lowest BCUT2D eigenvalue weighted by Crippen LogP contribution is -2.17. The summed E-state index contributed by atoms with van der Waals surface area (Å²) in [7, 11) is 1.62. The van der Waals surface area contributed by atoms with Crippen LogP contribution in [0.3, 0.4) is 0 Å². The van der Waals surface area contributed by atoms with Gasteiger partial charge < -0.3 is 19.4 Å². The lowest BCUT2D eigenvalue weighted by atomic mass is 10.1. The number of hydrogen-bond acceptors (Lipinski definition) is 6. The van der Waals surface area contributed by atoms with Crippen LogP contribution in [0.1, 0.15) is 23.9 Å². The number of aromatic nitrogens is 3. The number of carbonyl (C=O) groups is 1. The van der Waals surface area contributed by atoms with Crippen LogP contribution in [0.2, 0.25) is 0 Å². The zero-order valence-corrected chi connectivity index (χ0v) is 19.2. The van der Waals surface area contributed by atoms with E-state index in [1.54, 1.807) is 18.9 Å². The van der Waals surface area contributed by atoms with E-state index in [0.29, 0.717) is 36.2 Å². The summed E-state index contributed by atoms with van der Waals surface area (Å²) in [5.41, 5.74) is 3.13. The number of thioether (sulfide) groups is 1. The number of ether oxygens (including phenoxy) is 2. The number of hydrogen-bond donors (Lipinski definition) is 1. The van der Waals surface area contributed by atoms with Crippen molar-refractivity contribution in [2.45, 2.75) is 38.9 Å². The van der Waals surface area contributed by atoms with Crippen molar-refractivity contribution in [2.75, 3.05) is 24.8 Å². The van der Waals surface area contributed by atoms with Crippen LogP contribution in [0, 0.1) is 13.8 Å². The highest BCUT2D eigenvalue weighted by molar-refractivity contribution is 7.99. The molecule has 0 saturated carbocycles. The molecule has 0 aliphatic rings. The minimum atomic E-state index is -0.110. The Morgan fingerprint density at radius 3 is 2.58 bits per heavy atom. The number of rotatable bonds is 10. The number of benzene rings is 2. The summed E-state index contributed by atoms with van der Waals surface area (Å²) >= 11 is 1.55. The largest absolute Gasteiger partial charge is 0.493 e. The fourth-order valence-electron chi connectivity index (χ4n) is 3.06. The Labute approximate surface area is 187 Å². The Balaban J connectivity index is 1.54. The molecule has 3 rings (SSSR count). The summed E-state index contributed by atoms with van der Waals surface area (Å²) in [5.74, 6) is 2.66. The van der Waals surface area contributed by atoms with Crippen LogP contribution in [0.5, 0.6) is 11.5 Å². The molecule has 0 bridgehead atoms. The van der Waals surface area contributed by atoms with E-state index in [4.69, 9.17) is 9.47 Å². The van der Waals surface area contributed by atoms with Gasteiger partial charge in [-0.2, -0.15) is 0 Å². The van der Waals surface area contributed by atoms with Gasteiger partial charge in [0.05, 0.1) is 20.1 Å². The number of para-hydroxylation sites is 2. The van der Waals surface area contributed by atoms with Gasteiger partial charge in [-0.1, -0.05) is 30.0 Å². The maximum atomic E-state index is 12.5. The van der Waals surface area contributed by atoms with Crippen molar-refractivity contribution in [3.05, 3.63) is 59.4 Å². The summed E-state index contributed by atoms with van der Waals surface area (Å²) < 4.78 is 13.1. The molecule has 0 aliphatic carbocycles. The molecule has 0 radical (unpaired) electrons. The average Bonchev–Trinajstić information content (AvgIpc) is 3.15. The second-order valence-electron chi connectivity index (χ2n) is 7.01. The number of nitrogens with zero attached hydrogens (tertiary/aromatic N) is 3. The molecule has 3 aromatic rings. The molecule has 0 fully saturated rings. The molecule has 0 saturated heterocycles. The van der Waals surface area contributed by atoms with E-state index >= 15 is 0 Å². The zero-order chi connectivity index (χ0) is 22.2. The van der Waals surface area contributed by atoms with Gasteiger partial charge in [0.1, 0.15) is 5.82 Å². The van der Waals surface area contributed by atoms with Gasteiger partial charge in [0, 0.05) is 18.0 Å². The van der Waals surface area contributed by atoms with Crippen molar-refractivity contribution < 1.29 is 14.3 Å². The van der Waals surface area contributed by atoms with Gasteiger partial charge in [0.15, 0.2) is 16.7 Å². The van der Waals surface area contributed by atoms with Gasteiger partial charge in [0.25, 0.3) is 0 Å². The molecule has 7 nitrogen and oxygen atoms in total. The number of amides is 1. The van der Waals surface area contributed by atoms with Crippen LogP contribution in [-0.2, 0) is 17.8 Å². The van der Waals surface area contributed by atoms with E-state index in [1.807, 2.05) is 67.8 Å². The smallest absolute Gasteiger partial charge is 0.232 e. The van der Waals surface area contributed by atoms with Gasteiger partial charge in [-0.15, -0.1) is 10.2 Å². The number of anilines is 1. The fourth-order valence-corrected chi connectivity index (χ4v) is 3.90. The van der Waals surface area contributed by atoms with Crippen molar-refractivity contribution in [3.8, 4) is 11.5 Å². The van der Waals surface area contributed by atoms with E-state index in [-0.39, 0.29) is 12.3 Å². The summed E-state index contributed by atoms with van der Waals surface area (Å²) in [5, 5.41) is 12.2. The molecule has 31 heavy (non-hydrogen) atoms. The van der Waals surface area contributed by atoms with Gasteiger partial charge in [-0.3, -0.25) is 4.79 Å². The van der Waals surface area contributed by atoms with Crippen molar-refractivity contribution in [1.29, 1.82) is 0 Å². The highest BCUT2D eigenvalue weighted by Crippen LogP contribution is 2.26. The van der Waals surface area contributed by atoms with Gasteiger partial charge >= 0.3 is 0 Å². The van der Waals surface area contributed by atoms with Gasteiger partial charge in [0.2, 0.25) is 5.91 Å². The highest BCUT2D eigenvalue weighted by atomic mass is 32.2. The topological polar surface area (TPSA) is 78.3 Å². The quantitative estimate of drug-likeness (QED) is 0.375. The fraction of sp³-hybridized carbons (Fsp3) is 0.348. The second-order valence-corrected chi connectivity index (χ2v) is 8.08. The first-order valence-corrected chi connectivity index (χ1v) is 11.2. The van der Waals surface area contributed by atoms with E-state index < -0.39 is 0 Å². The van der Waals surface area contributed by atoms with Crippen LogP contribution in [0.15, 0.2) is 47.6 Å². The minimum Gasteiger partial charge on any atom is -0.493 e.